The number of carbonyl (C=O) groups is 3. The lowest BCUT2D eigenvalue weighted by Gasteiger charge is -2.32. The van der Waals surface area contributed by atoms with E-state index in [-0.39, 0.29) is 31.1 Å². The number of hydrogen-bond acceptors (Lipinski definition) is 5. The van der Waals surface area contributed by atoms with E-state index in [4.69, 9.17) is 0 Å². The molecule has 1 aliphatic heterocycles. The summed E-state index contributed by atoms with van der Waals surface area (Å²) in [5, 5.41) is 27.3. The summed E-state index contributed by atoms with van der Waals surface area (Å²) in [6, 6.07) is 13.8. The molecular formula is C31H42N4O5. The van der Waals surface area contributed by atoms with Gasteiger partial charge in [0.25, 0.3) is 5.91 Å². The van der Waals surface area contributed by atoms with Crippen LogP contribution < -0.4 is 15.5 Å². The van der Waals surface area contributed by atoms with E-state index in [0.29, 0.717) is 42.7 Å². The second-order valence-electron chi connectivity index (χ2n) is 10.9. The molecule has 2 atom stereocenters. The van der Waals surface area contributed by atoms with Gasteiger partial charge in [0.2, 0.25) is 5.91 Å². The first kappa shape index (κ1) is 29.6. The highest BCUT2D eigenvalue weighted by molar-refractivity contribution is 5.99. The van der Waals surface area contributed by atoms with E-state index in [9.17, 15) is 24.6 Å². The molecule has 0 aromatic heterocycles. The zero-order valence-corrected chi connectivity index (χ0v) is 23.3. The van der Waals surface area contributed by atoms with Crippen molar-refractivity contribution in [1.82, 2.24) is 15.5 Å². The Morgan fingerprint density at radius 3 is 2.45 bits per heavy atom. The highest BCUT2D eigenvalue weighted by Crippen LogP contribution is 2.25. The van der Waals surface area contributed by atoms with Crippen LogP contribution in [-0.4, -0.2) is 70.8 Å². The Balaban J connectivity index is 1.51. The van der Waals surface area contributed by atoms with E-state index < -0.39 is 18.1 Å². The Hall–Kier alpha value is -3.43. The van der Waals surface area contributed by atoms with E-state index in [1.54, 1.807) is 28.0 Å². The third-order valence-electron chi connectivity index (χ3n) is 7.90. The van der Waals surface area contributed by atoms with Gasteiger partial charge in [-0.1, -0.05) is 49.6 Å². The summed E-state index contributed by atoms with van der Waals surface area (Å²) in [5.74, 6) is -0.428. The number of benzene rings is 2. The molecule has 40 heavy (non-hydrogen) atoms. The first-order chi connectivity index (χ1) is 19.4. The Morgan fingerprint density at radius 2 is 1.80 bits per heavy atom. The quantitative estimate of drug-likeness (QED) is 0.342. The van der Waals surface area contributed by atoms with Crippen LogP contribution in [0.25, 0.3) is 0 Å². The second kappa shape index (κ2) is 14.3. The van der Waals surface area contributed by atoms with Crippen molar-refractivity contribution in [2.24, 2.45) is 0 Å². The Kier molecular flexibility index (Phi) is 10.5. The number of amides is 4. The molecule has 0 bridgehead atoms. The van der Waals surface area contributed by atoms with Gasteiger partial charge in [-0.3, -0.25) is 9.59 Å². The maximum Gasteiger partial charge on any atom is 0.317 e. The van der Waals surface area contributed by atoms with Gasteiger partial charge in [-0.2, -0.15) is 0 Å². The van der Waals surface area contributed by atoms with Gasteiger partial charge in [-0.25, -0.2) is 4.79 Å². The predicted octanol–water partition coefficient (Wildman–Crippen LogP) is 3.37. The molecule has 216 valence electrons. The number of aliphatic hydroxyl groups excluding tert-OH is 2. The molecule has 9 nitrogen and oxygen atoms in total. The molecule has 4 amide bonds. The SMILES string of the molecule is CCN(CC(O)C(Cc1ccccc1)NC(=O)c1cc(CO)cc(N2CCCC2=O)c1)C(=O)NC1CCCCC1. The maximum atomic E-state index is 13.5. The topological polar surface area (TPSA) is 122 Å². The van der Waals surface area contributed by atoms with E-state index >= 15 is 0 Å². The summed E-state index contributed by atoms with van der Waals surface area (Å²) in [7, 11) is 0. The zero-order valence-electron chi connectivity index (χ0n) is 23.3. The number of urea groups is 1. The van der Waals surface area contributed by atoms with Crippen molar-refractivity contribution in [2.75, 3.05) is 24.5 Å². The molecule has 1 heterocycles. The monoisotopic (exact) mass is 550 g/mol. The lowest BCUT2D eigenvalue weighted by Crippen LogP contribution is -2.53. The number of likely N-dealkylation sites (N-methyl/N-ethyl adjacent to an activating group) is 1. The molecule has 1 saturated carbocycles. The molecule has 0 spiro atoms. The Labute approximate surface area is 236 Å². The number of carbonyl (C=O) groups excluding carboxylic acids is 3. The van der Waals surface area contributed by atoms with E-state index in [1.165, 1.54) is 6.42 Å². The lowest BCUT2D eigenvalue weighted by atomic mass is 9.96. The van der Waals surface area contributed by atoms with Crippen molar-refractivity contribution in [2.45, 2.75) is 83.1 Å². The smallest absolute Gasteiger partial charge is 0.317 e. The van der Waals surface area contributed by atoms with Crippen LogP contribution in [0.4, 0.5) is 10.5 Å². The van der Waals surface area contributed by atoms with Crippen LogP contribution in [0.5, 0.6) is 0 Å². The zero-order chi connectivity index (χ0) is 28.5. The summed E-state index contributed by atoms with van der Waals surface area (Å²) >= 11 is 0. The Bertz CT molecular complexity index is 1150. The first-order valence-electron chi connectivity index (χ1n) is 14.5. The van der Waals surface area contributed by atoms with Crippen molar-refractivity contribution < 1.29 is 24.6 Å². The van der Waals surface area contributed by atoms with Gasteiger partial charge in [0.1, 0.15) is 0 Å². The van der Waals surface area contributed by atoms with E-state index in [0.717, 1.165) is 37.7 Å². The molecule has 9 heteroatoms. The van der Waals surface area contributed by atoms with E-state index in [2.05, 4.69) is 10.6 Å². The predicted molar refractivity (Wildman–Crippen MR) is 154 cm³/mol. The highest BCUT2D eigenvalue weighted by atomic mass is 16.3. The van der Waals surface area contributed by atoms with Gasteiger partial charge in [0.05, 0.1) is 25.3 Å². The summed E-state index contributed by atoms with van der Waals surface area (Å²) in [5.41, 5.74) is 2.35. The van der Waals surface area contributed by atoms with Crippen molar-refractivity contribution in [3.63, 3.8) is 0 Å². The first-order valence-corrected chi connectivity index (χ1v) is 14.5. The fourth-order valence-corrected chi connectivity index (χ4v) is 5.60. The second-order valence-corrected chi connectivity index (χ2v) is 10.9. The number of hydrogen-bond donors (Lipinski definition) is 4. The summed E-state index contributed by atoms with van der Waals surface area (Å²) in [6.45, 7) is 2.66. The van der Waals surface area contributed by atoms with Crippen LogP contribution in [0.1, 0.15) is 73.4 Å². The fourth-order valence-electron chi connectivity index (χ4n) is 5.60. The van der Waals surface area contributed by atoms with Crippen molar-refractivity contribution >= 4 is 23.5 Å². The highest BCUT2D eigenvalue weighted by Gasteiger charge is 2.28. The molecule has 0 radical (unpaired) electrons. The molecule has 2 fully saturated rings. The van der Waals surface area contributed by atoms with Gasteiger partial charge in [0, 0.05) is 36.8 Å². The van der Waals surface area contributed by atoms with Crippen molar-refractivity contribution in [3.05, 3.63) is 65.2 Å². The molecule has 2 aliphatic rings. The lowest BCUT2D eigenvalue weighted by molar-refractivity contribution is -0.117. The number of rotatable bonds is 11. The molecule has 4 N–H and O–H groups in total. The number of nitrogens with zero attached hydrogens (tertiary/aromatic N) is 2. The molecule has 2 aromatic rings. The number of aliphatic hydroxyl groups is 2. The molecule has 1 aliphatic carbocycles. The average Bonchev–Trinajstić information content (AvgIpc) is 3.41. The molecule has 2 unspecified atom stereocenters. The molecule has 1 saturated heterocycles. The van der Waals surface area contributed by atoms with Crippen LogP contribution in [-0.2, 0) is 17.8 Å². The summed E-state index contributed by atoms with van der Waals surface area (Å²) < 4.78 is 0. The Morgan fingerprint density at radius 1 is 1.05 bits per heavy atom. The van der Waals surface area contributed by atoms with Gasteiger partial charge in [0.15, 0.2) is 0 Å². The largest absolute Gasteiger partial charge is 0.392 e. The van der Waals surface area contributed by atoms with Crippen LogP contribution in [0.15, 0.2) is 48.5 Å². The van der Waals surface area contributed by atoms with E-state index in [1.807, 2.05) is 37.3 Å². The van der Waals surface area contributed by atoms with Crippen LogP contribution in [0.3, 0.4) is 0 Å². The van der Waals surface area contributed by atoms with Gasteiger partial charge in [-0.15, -0.1) is 0 Å². The minimum absolute atomic E-state index is 0.00927. The molecule has 4 rings (SSSR count). The van der Waals surface area contributed by atoms with Gasteiger partial charge >= 0.3 is 6.03 Å². The van der Waals surface area contributed by atoms with Crippen LogP contribution >= 0.6 is 0 Å². The third-order valence-corrected chi connectivity index (χ3v) is 7.90. The van der Waals surface area contributed by atoms with Gasteiger partial charge in [-0.05, 0) is 61.9 Å². The van der Waals surface area contributed by atoms with Crippen molar-refractivity contribution in [1.29, 1.82) is 0 Å². The minimum atomic E-state index is -1.03. The summed E-state index contributed by atoms with van der Waals surface area (Å²) in [6.07, 6.45) is 5.89. The maximum absolute atomic E-state index is 13.5. The molecular weight excluding hydrogens is 508 g/mol. The normalized spacial score (nSPS) is 17.4. The average molecular weight is 551 g/mol. The summed E-state index contributed by atoms with van der Waals surface area (Å²) in [4.78, 5) is 42.1. The molecule has 2 aromatic carbocycles. The number of anilines is 1. The fraction of sp³-hybridized carbons (Fsp3) is 0.516. The number of nitrogens with one attached hydrogen (secondary N) is 2. The van der Waals surface area contributed by atoms with Crippen LogP contribution in [0, 0.1) is 0 Å². The standard InChI is InChI=1S/C31H42N4O5/c1-2-34(31(40)32-25-12-7-4-8-13-25)20-28(37)27(18-22-10-5-3-6-11-22)33-30(39)24-16-23(21-36)17-26(19-24)35-15-9-14-29(35)38/h3,5-6,10-11,16-17,19,25,27-28,36-37H,2,4,7-9,12-15,18,20-21H2,1H3,(H,32,40)(H,33,39). The minimum Gasteiger partial charge on any atom is -0.392 e. The third kappa shape index (κ3) is 7.82. The van der Waals surface area contributed by atoms with Crippen LogP contribution in [0.2, 0.25) is 0 Å². The van der Waals surface area contributed by atoms with Gasteiger partial charge < -0.3 is 30.6 Å². The van der Waals surface area contributed by atoms with Crippen molar-refractivity contribution in [3.8, 4) is 0 Å².